The van der Waals surface area contributed by atoms with Crippen LogP contribution in [0.1, 0.15) is 82.7 Å². The summed E-state index contributed by atoms with van der Waals surface area (Å²) in [7, 11) is 1.99. The van der Waals surface area contributed by atoms with Gasteiger partial charge in [0.25, 0.3) is 0 Å². The molecule has 0 spiro atoms. The number of carbonyl (C=O) groups is 1. The Labute approximate surface area is 225 Å². The summed E-state index contributed by atoms with van der Waals surface area (Å²) in [5, 5.41) is 23.3. The van der Waals surface area contributed by atoms with E-state index < -0.39 is 6.09 Å². The minimum Gasteiger partial charge on any atom is -0.465 e. The topological polar surface area (TPSA) is 117 Å². The van der Waals surface area contributed by atoms with Gasteiger partial charge in [-0.25, -0.2) is 14.8 Å². The van der Waals surface area contributed by atoms with Crippen LogP contribution >= 0.6 is 11.6 Å². The van der Waals surface area contributed by atoms with Gasteiger partial charge < -0.3 is 21.1 Å². The van der Waals surface area contributed by atoms with E-state index in [1.807, 2.05) is 17.9 Å². The molecule has 37 heavy (non-hydrogen) atoms. The maximum atomic E-state index is 10.4. The highest BCUT2D eigenvalue weighted by molar-refractivity contribution is 6.32. The van der Waals surface area contributed by atoms with Gasteiger partial charge >= 0.3 is 6.09 Å². The minimum absolute atomic E-state index is 0.377. The second-order valence-corrected chi connectivity index (χ2v) is 11.1. The number of aromatic nitrogens is 4. The first-order chi connectivity index (χ1) is 18.0. The average molecular weight is 532 g/mol. The summed E-state index contributed by atoms with van der Waals surface area (Å²) < 4.78 is 1.95. The number of amides is 1. The van der Waals surface area contributed by atoms with Gasteiger partial charge in [0.05, 0.1) is 23.1 Å². The third-order valence-electron chi connectivity index (χ3n) is 7.61. The van der Waals surface area contributed by atoms with Gasteiger partial charge in [0.1, 0.15) is 0 Å². The molecule has 4 rings (SSSR count). The smallest absolute Gasteiger partial charge is 0.404 e. The third-order valence-corrected chi connectivity index (χ3v) is 7.89. The Morgan fingerprint density at radius 2 is 1.68 bits per heavy atom. The summed E-state index contributed by atoms with van der Waals surface area (Å²) in [6.45, 7) is 1.63. The van der Waals surface area contributed by atoms with E-state index >= 15 is 0 Å². The van der Waals surface area contributed by atoms with E-state index in [1.54, 1.807) is 6.20 Å². The van der Waals surface area contributed by atoms with E-state index in [-0.39, 0.29) is 0 Å². The van der Waals surface area contributed by atoms with E-state index in [0.29, 0.717) is 29.6 Å². The number of nitrogens with one attached hydrogen (secondary N) is 3. The summed E-state index contributed by atoms with van der Waals surface area (Å²) in [5.41, 5.74) is 3.00. The van der Waals surface area contributed by atoms with Crippen molar-refractivity contribution in [1.29, 1.82) is 0 Å². The number of carboxylic acid groups (broad SMARTS) is 1. The van der Waals surface area contributed by atoms with Gasteiger partial charge in [-0.15, -0.1) is 0 Å². The Morgan fingerprint density at radius 1 is 1.00 bits per heavy atom. The van der Waals surface area contributed by atoms with Crippen LogP contribution in [0.4, 0.5) is 10.7 Å². The summed E-state index contributed by atoms with van der Waals surface area (Å²) in [4.78, 5) is 19.7. The van der Waals surface area contributed by atoms with E-state index in [9.17, 15) is 4.79 Å². The standard InChI is InChI=1S/C27H42ClN7O2/c1-35-24(16-19-8-9-19)22(17-32-35)25-23(28)18-31-26(34-25)33-21-12-10-20(11-13-21)29-14-6-4-2-3-5-7-15-30-27(36)37/h17-21,29-30H,2-16H2,1H3,(H,36,37)(H,31,33,34)/t20-,21-. The number of hydrogen-bond acceptors (Lipinski definition) is 6. The fourth-order valence-corrected chi connectivity index (χ4v) is 5.40. The molecule has 2 aliphatic rings. The molecule has 0 saturated heterocycles. The van der Waals surface area contributed by atoms with Crippen LogP contribution in [0.3, 0.4) is 0 Å². The highest BCUT2D eigenvalue weighted by Gasteiger charge is 2.26. The maximum absolute atomic E-state index is 10.4. The van der Waals surface area contributed by atoms with Crippen LogP contribution in [0.2, 0.25) is 5.02 Å². The predicted molar refractivity (Wildman–Crippen MR) is 147 cm³/mol. The van der Waals surface area contributed by atoms with Gasteiger partial charge in [-0.05, 0) is 70.3 Å². The monoisotopic (exact) mass is 531 g/mol. The van der Waals surface area contributed by atoms with Crippen molar-refractivity contribution in [3.63, 3.8) is 0 Å². The SMILES string of the molecule is Cn1ncc(-c2nc(N[C@H]3CC[C@H](NCCCCCCCCNC(=O)O)CC3)ncc2Cl)c1CC1CC1. The molecule has 2 saturated carbocycles. The highest BCUT2D eigenvalue weighted by Crippen LogP contribution is 2.37. The molecular weight excluding hydrogens is 490 g/mol. The van der Waals surface area contributed by atoms with E-state index in [4.69, 9.17) is 21.7 Å². The number of hydrogen-bond donors (Lipinski definition) is 4. The molecule has 0 atom stereocenters. The van der Waals surface area contributed by atoms with Crippen molar-refractivity contribution in [2.75, 3.05) is 18.4 Å². The van der Waals surface area contributed by atoms with Crippen LogP contribution in [-0.2, 0) is 13.5 Å². The zero-order chi connectivity index (χ0) is 26.0. The van der Waals surface area contributed by atoms with Crippen molar-refractivity contribution in [2.24, 2.45) is 13.0 Å². The fourth-order valence-electron chi connectivity index (χ4n) is 5.21. The summed E-state index contributed by atoms with van der Waals surface area (Å²) in [6.07, 6.45) is 17.6. The molecule has 2 fully saturated rings. The second-order valence-electron chi connectivity index (χ2n) is 10.7. The molecule has 10 heteroatoms. The highest BCUT2D eigenvalue weighted by atomic mass is 35.5. The number of aryl methyl sites for hydroxylation is 1. The maximum Gasteiger partial charge on any atom is 0.404 e. The predicted octanol–water partition coefficient (Wildman–Crippen LogP) is 5.40. The van der Waals surface area contributed by atoms with E-state index in [0.717, 1.165) is 68.7 Å². The molecule has 0 aromatic carbocycles. The summed E-state index contributed by atoms with van der Waals surface area (Å²) in [6, 6.07) is 0.963. The molecule has 2 aromatic heterocycles. The average Bonchev–Trinajstić information content (AvgIpc) is 3.64. The van der Waals surface area contributed by atoms with Gasteiger partial charge in [-0.1, -0.05) is 37.3 Å². The molecular formula is C27H42ClN7O2. The minimum atomic E-state index is -0.929. The van der Waals surface area contributed by atoms with Crippen molar-refractivity contribution in [2.45, 2.75) is 95.6 Å². The molecule has 0 radical (unpaired) electrons. The van der Waals surface area contributed by atoms with Crippen LogP contribution in [0.15, 0.2) is 12.4 Å². The molecule has 2 aromatic rings. The zero-order valence-corrected chi connectivity index (χ0v) is 22.8. The molecule has 1 amide bonds. The van der Waals surface area contributed by atoms with Crippen LogP contribution in [0, 0.1) is 5.92 Å². The number of unbranched alkanes of at least 4 members (excludes halogenated alkanes) is 5. The molecule has 0 aliphatic heterocycles. The van der Waals surface area contributed by atoms with Crippen molar-refractivity contribution >= 4 is 23.6 Å². The van der Waals surface area contributed by atoms with Crippen LogP contribution in [0.5, 0.6) is 0 Å². The molecule has 0 unspecified atom stereocenters. The Balaban J connectivity index is 1.14. The lowest BCUT2D eigenvalue weighted by Crippen LogP contribution is -2.37. The van der Waals surface area contributed by atoms with Crippen LogP contribution < -0.4 is 16.0 Å². The molecule has 2 heterocycles. The van der Waals surface area contributed by atoms with E-state index in [1.165, 1.54) is 44.2 Å². The quantitative estimate of drug-likeness (QED) is 0.227. The van der Waals surface area contributed by atoms with Gasteiger partial charge in [-0.3, -0.25) is 4.68 Å². The van der Waals surface area contributed by atoms with Gasteiger partial charge in [0, 0.05) is 36.9 Å². The first-order valence-corrected chi connectivity index (χ1v) is 14.4. The van der Waals surface area contributed by atoms with Gasteiger partial charge in [-0.2, -0.15) is 5.10 Å². The first-order valence-electron chi connectivity index (χ1n) is 14.0. The Bertz CT molecular complexity index is 1000. The van der Waals surface area contributed by atoms with Crippen molar-refractivity contribution in [3.05, 3.63) is 23.1 Å². The third kappa shape index (κ3) is 8.85. The number of anilines is 1. The Kier molecular flexibility index (Phi) is 10.4. The Hall–Kier alpha value is -2.39. The number of rotatable bonds is 15. The fraction of sp³-hybridized carbons (Fsp3) is 0.704. The molecule has 4 N–H and O–H groups in total. The van der Waals surface area contributed by atoms with Gasteiger partial charge in [0.2, 0.25) is 5.95 Å². The van der Waals surface area contributed by atoms with E-state index in [2.05, 4.69) is 26.0 Å². The van der Waals surface area contributed by atoms with Crippen LogP contribution in [0.25, 0.3) is 11.3 Å². The summed E-state index contributed by atoms with van der Waals surface area (Å²) >= 11 is 6.52. The molecule has 204 valence electrons. The Morgan fingerprint density at radius 3 is 2.38 bits per heavy atom. The lowest BCUT2D eigenvalue weighted by atomic mass is 9.91. The second kappa shape index (κ2) is 14.0. The number of halogens is 1. The zero-order valence-electron chi connectivity index (χ0n) is 22.0. The molecule has 9 nitrogen and oxygen atoms in total. The van der Waals surface area contributed by atoms with Crippen molar-refractivity contribution in [1.82, 2.24) is 30.4 Å². The lowest BCUT2D eigenvalue weighted by molar-refractivity contribution is 0.194. The molecule has 0 bridgehead atoms. The lowest BCUT2D eigenvalue weighted by Gasteiger charge is -2.30. The normalized spacial score (nSPS) is 19.6. The molecule has 2 aliphatic carbocycles. The van der Waals surface area contributed by atoms with Gasteiger partial charge in [0.15, 0.2) is 0 Å². The van der Waals surface area contributed by atoms with Crippen molar-refractivity contribution < 1.29 is 9.90 Å². The summed E-state index contributed by atoms with van der Waals surface area (Å²) in [5.74, 6) is 1.41. The first kappa shape index (κ1) is 27.6. The van der Waals surface area contributed by atoms with Crippen LogP contribution in [-0.4, -0.2) is 56.1 Å². The largest absolute Gasteiger partial charge is 0.465 e. The number of nitrogens with zero attached hydrogens (tertiary/aromatic N) is 4. The van der Waals surface area contributed by atoms with Crippen molar-refractivity contribution in [3.8, 4) is 11.3 Å².